The van der Waals surface area contributed by atoms with Gasteiger partial charge < -0.3 is 14.2 Å². The number of rotatable bonds is 51. The van der Waals surface area contributed by atoms with Gasteiger partial charge in [-0.2, -0.15) is 0 Å². The van der Waals surface area contributed by atoms with Gasteiger partial charge in [0.05, 0.1) is 0 Å². The number of carbonyl (C=O) groups excluding carboxylic acids is 3. The lowest BCUT2D eigenvalue weighted by molar-refractivity contribution is -0.167. The lowest BCUT2D eigenvalue weighted by Gasteiger charge is -2.18. The number of hydrogen-bond donors (Lipinski definition) is 0. The quantitative estimate of drug-likeness (QED) is 0.0262. The van der Waals surface area contributed by atoms with E-state index in [4.69, 9.17) is 14.2 Å². The first kappa shape index (κ1) is 65.3. The van der Waals surface area contributed by atoms with Crippen LogP contribution in [0.1, 0.15) is 265 Å². The Kier molecular flexibility index (Phi) is 53.9. The summed E-state index contributed by atoms with van der Waals surface area (Å²) in [5.41, 5.74) is 0. The summed E-state index contributed by atoms with van der Waals surface area (Å²) >= 11 is 0. The summed E-state index contributed by atoms with van der Waals surface area (Å²) in [5, 5.41) is 0. The molecule has 0 aromatic rings. The highest BCUT2D eigenvalue weighted by Gasteiger charge is 2.19. The van der Waals surface area contributed by atoms with Crippen LogP contribution in [0.15, 0.2) is 97.2 Å². The lowest BCUT2D eigenvalue weighted by atomic mass is 10.1. The van der Waals surface area contributed by atoms with Gasteiger partial charge >= 0.3 is 17.9 Å². The molecular weight excluding hydrogens is 853 g/mol. The molecule has 6 nitrogen and oxygen atoms in total. The van der Waals surface area contributed by atoms with E-state index in [1.54, 1.807) is 0 Å². The van der Waals surface area contributed by atoms with Crippen LogP contribution in [0, 0.1) is 0 Å². The van der Waals surface area contributed by atoms with Crippen LogP contribution in [-0.2, 0) is 28.6 Å². The molecule has 0 aliphatic carbocycles. The van der Waals surface area contributed by atoms with E-state index in [1.165, 1.54) is 103 Å². The third kappa shape index (κ3) is 55.1. The molecule has 0 N–H and O–H groups in total. The summed E-state index contributed by atoms with van der Waals surface area (Å²) in [6.07, 6.45) is 75.3. The molecule has 1 atom stereocenters. The molecule has 69 heavy (non-hydrogen) atoms. The summed E-state index contributed by atoms with van der Waals surface area (Å²) in [4.78, 5) is 38.2. The Balaban J connectivity index is 4.49. The van der Waals surface area contributed by atoms with Crippen LogP contribution in [0.4, 0.5) is 0 Å². The zero-order chi connectivity index (χ0) is 50.0. The van der Waals surface area contributed by atoms with Crippen molar-refractivity contribution in [2.75, 3.05) is 13.2 Å². The Morgan fingerprint density at radius 1 is 0.290 bits per heavy atom. The third-order valence-corrected chi connectivity index (χ3v) is 12.0. The highest BCUT2D eigenvalue weighted by Crippen LogP contribution is 2.14. The van der Waals surface area contributed by atoms with Crippen molar-refractivity contribution >= 4 is 17.9 Å². The van der Waals surface area contributed by atoms with E-state index in [0.717, 1.165) is 122 Å². The first-order valence-electron chi connectivity index (χ1n) is 28.7. The normalized spacial score (nSPS) is 12.8. The Morgan fingerprint density at radius 3 is 0.812 bits per heavy atom. The summed E-state index contributed by atoms with van der Waals surface area (Å²) in [6, 6.07) is 0. The number of unbranched alkanes of at least 4 members (excludes halogenated alkanes) is 24. The SMILES string of the molecule is CCCCC/C=C/C/C=C/C/C=C/CCCCCCC(=O)OC[C@@H](COC(=O)CCCCCCCCC/C=C/C/C=C/CCCCC)OC(=O)CCCCCC/C=C/C/C=C/C/C=C/CCCCC. The molecule has 0 spiro atoms. The first-order valence-corrected chi connectivity index (χ1v) is 28.7. The van der Waals surface area contributed by atoms with Gasteiger partial charge in [0.1, 0.15) is 13.2 Å². The molecule has 0 aliphatic heterocycles. The minimum Gasteiger partial charge on any atom is -0.462 e. The second-order valence-corrected chi connectivity index (χ2v) is 18.8. The smallest absolute Gasteiger partial charge is 0.306 e. The molecule has 394 valence electrons. The number of allylic oxidation sites excluding steroid dienone is 16. The average molecular weight is 960 g/mol. The fourth-order valence-corrected chi connectivity index (χ4v) is 7.66. The maximum Gasteiger partial charge on any atom is 0.306 e. The van der Waals surface area contributed by atoms with Gasteiger partial charge in [-0.1, -0.05) is 214 Å². The minimum absolute atomic E-state index is 0.0989. The molecule has 0 aromatic heterocycles. The summed E-state index contributed by atoms with van der Waals surface area (Å²) in [6.45, 7) is 6.52. The maximum atomic E-state index is 12.9. The predicted molar refractivity (Wildman–Crippen MR) is 297 cm³/mol. The fraction of sp³-hybridized carbons (Fsp3) is 0.698. The van der Waals surface area contributed by atoms with Crippen LogP contribution < -0.4 is 0 Å². The van der Waals surface area contributed by atoms with Crippen molar-refractivity contribution in [2.45, 2.75) is 271 Å². The van der Waals surface area contributed by atoms with Crippen LogP contribution in [0.25, 0.3) is 0 Å². The average Bonchev–Trinajstić information content (AvgIpc) is 3.35. The molecule has 0 heterocycles. The molecule has 0 fully saturated rings. The van der Waals surface area contributed by atoms with E-state index in [2.05, 4.69) is 118 Å². The van der Waals surface area contributed by atoms with E-state index in [1.807, 2.05) is 0 Å². The van der Waals surface area contributed by atoms with Crippen molar-refractivity contribution < 1.29 is 28.6 Å². The Bertz CT molecular complexity index is 1380. The molecule has 0 unspecified atom stereocenters. The zero-order valence-corrected chi connectivity index (χ0v) is 45.0. The Hall–Kier alpha value is -3.67. The number of hydrogen-bond acceptors (Lipinski definition) is 6. The van der Waals surface area contributed by atoms with E-state index in [0.29, 0.717) is 19.3 Å². The van der Waals surface area contributed by atoms with Crippen LogP contribution in [-0.4, -0.2) is 37.2 Å². The molecule has 0 aliphatic rings. The Labute approximate surface area is 426 Å². The van der Waals surface area contributed by atoms with E-state index in [9.17, 15) is 14.4 Å². The molecule has 0 amide bonds. The van der Waals surface area contributed by atoms with E-state index >= 15 is 0 Å². The highest BCUT2D eigenvalue weighted by atomic mass is 16.6. The largest absolute Gasteiger partial charge is 0.462 e. The lowest BCUT2D eigenvalue weighted by Crippen LogP contribution is -2.30. The first-order chi connectivity index (χ1) is 34.0. The monoisotopic (exact) mass is 959 g/mol. The van der Waals surface area contributed by atoms with Crippen molar-refractivity contribution in [1.82, 2.24) is 0 Å². The summed E-state index contributed by atoms with van der Waals surface area (Å²) in [5.74, 6) is -0.948. The molecule has 0 bridgehead atoms. The fourth-order valence-electron chi connectivity index (χ4n) is 7.66. The van der Waals surface area contributed by atoms with Gasteiger partial charge in [-0.3, -0.25) is 14.4 Å². The standard InChI is InChI=1S/C63H106O6/c1-4-7-10-13-16-19-22-25-28-31-34-37-40-43-46-49-52-55-61(64)67-58-60(69-63(66)57-54-51-48-45-42-39-36-33-30-27-24-21-18-15-12-9-6-3)59-68-62(65)56-53-50-47-44-41-38-35-32-29-26-23-20-17-14-11-8-5-2/h16-21,25-30,34,36-37,39,60H,4-15,22-24,31-33,35,38,40-59H2,1-3H3/b19-16+,20-17+,21-18+,28-25+,29-26+,30-27+,37-34+,39-36+/t60-/m0/s1. The van der Waals surface area contributed by atoms with Crippen LogP contribution in [0.3, 0.4) is 0 Å². The molecule has 0 saturated carbocycles. The van der Waals surface area contributed by atoms with Crippen molar-refractivity contribution in [1.29, 1.82) is 0 Å². The molecular formula is C63H106O6. The summed E-state index contributed by atoms with van der Waals surface area (Å²) < 4.78 is 16.8. The van der Waals surface area contributed by atoms with Gasteiger partial charge in [0.25, 0.3) is 0 Å². The van der Waals surface area contributed by atoms with Gasteiger partial charge in [0.2, 0.25) is 0 Å². The molecule has 0 radical (unpaired) electrons. The summed E-state index contributed by atoms with van der Waals surface area (Å²) in [7, 11) is 0. The second kappa shape index (κ2) is 56.9. The van der Waals surface area contributed by atoms with Crippen molar-refractivity contribution in [3.63, 3.8) is 0 Å². The van der Waals surface area contributed by atoms with Gasteiger partial charge in [0.15, 0.2) is 6.10 Å². The minimum atomic E-state index is -0.804. The van der Waals surface area contributed by atoms with Crippen LogP contribution in [0.5, 0.6) is 0 Å². The van der Waals surface area contributed by atoms with Gasteiger partial charge in [-0.15, -0.1) is 0 Å². The maximum absolute atomic E-state index is 12.9. The Morgan fingerprint density at radius 2 is 0.522 bits per heavy atom. The topological polar surface area (TPSA) is 78.9 Å². The van der Waals surface area contributed by atoms with Gasteiger partial charge in [-0.05, 0) is 128 Å². The molecule has 0 aromatic carbocycles. The number of esters is 3. The predicted octanol–water partition coefficient (Wildman–Crippen LogP) is 19.3. The van der Waals surface area contributed by atoms with Gasteiger partial charge in [-0.25, -0.2) is 0 Å². The van der Waals surface area contributed by atoms with Crippen molar-refractivity contribution in [3.05, 3.63) is 97.2 Å². The van der Waals surface area contributed by atoms with E-state index in [-0.39, 0.29) is 31.1 Å². The van der Waals surface area contributed by atoms with Crippen LogP contribution >= 0.6 is 0 Å². The molecule has 6 heteroatoms. The zero-order valence-electron chi connectivity index (χ0n) is 45.0. The van der Waals surface area contributed by atoms with Gasteiger partial charge in [0, 0.05) is 19.3 Å². The molecule has 0 rings (SSSR count). The number of ether oxygens (including phenoxy) is 3. The van der Waals surface area contributed by atoms with Crippen LogP contribution in [0.2, 0.25) is 0 Å². The number of carbonyl (C=O) groups is 3. The van der Waals surface area contributed by atoms with E-state index < -0.39 is 6.10 Å². The van der Waals surface area contributed by atoms with Crippen molar-refractivity contribution in [2.24, 2.45) is 0 Å². The second-order valence-electron chi connectivity index (χ2n) is 18.8. The third-order valence-electron chi connectivity index (χ3n) is 12.0. The van der Waals surface area contributed by atoms with Crippen molar-refractivity contribution in [3.8, 4) is 0 Å². The molecule has 0 saturated heterocycles. The highest BCUT2D eigenvalue weighted by molar-refractivity contribution is 5.71.